The lowest BCUT2D eigenvalue weighted by molar-refractivity contribution is -0.114. The zero-order valence-electron chi connectivity index (χ0n) is 13.8. The zero-order chi connectivity index (χ0) is 16.8. The van der Waals surface area contributed by atoms with Gasteiger partial charge in [0.1, 0.15) is 0 Å². The Morgan fingerprint density at radius 1 is 1.04 bits per heavy atom. The molecule has 120 valence electrons. The van der Waals surface area contributed by atoms with E-state index in [0.717, 1.165) is 6.42 Å². The maximum absolute atomic E-state index is 12.2. The molecule has 23 heavy (non-hydrogen) atoms. The van der Waals surface area contributed by atoms with Crippen molar-refractivity contribution in [2.45, 2.75) is 27.2 Å². The molecule has 2 amide bonds. The first kappa shape index (κ1) is 16.7. The second-order valence-electron chi connectivity index (χ2n) is 5.70. The van der Waals surface area contributed by atoms with Crippen LogP contribution >= 0.6 is 0 Å². The smallest absolute Gasteiger partial charge is 0.251 e. The van der Waals surface area contributed by atoms with E-state index < -0.39 is 0 Å². The van der Waals surface area contributed by atoms with Gasteiger partial charge in [-0.25, -0.2) is 0 Å². The lowest BCUT2D eigenvalue weighted by Crippen LogP contribution is -2.26. The molecule has 0 unspecified atom stereocenters. The number of carbonyl (C=O) groups is 2. The summed E-state index contributed by atoms with van der Waals surface area (Å²) in [7, 11) is 0. The van der Waals surface area contributed by atoms with Crippen LogP contribution < -0.4 is 10.6 Å². The Bertz CT molecular complexity index is 723. The SMILES string of the molecule is CC(=O)Nc1cccc(C(=O)NCCc2cc(C)ccc2C)c1. The molecule has 0 bridgehead atoms. The van der Waals surface area contributed by atoms with Gasteiger partial charge in [-0.1, -0.05) is 29.8 Å². The van der Waals surface area contributed by atoms with Crippen molar-refractivity contribution in [2.75, 3.05) is 11.9 Å². The highest BCUT2D eigenvalue weighted by atomic mass is 16.2. The third kappa shape index (κ3) is 4.95. The van der Waals surface area contributed by atoms with E-state index in [0.29, 0.717) is 17.8 Å². The van der Waals surface area contributed by atoms with Crippen molar-refractivity contribution in [3.63, 3.8) is 0 Å². The van der Waals surface area contributed by atoms with E-state index in [1.165, 1.54) is 23.6 Å². The quantitative estimate of drug-likeness (QED) is 0.891. The highest BCUT2D eigenvalue weighted by molar-refractivity contribution is 5.96. The van der Waals surface area contributed by atoms with Gasteiger partial charge in [-0.3, -0.25) is 9.59 Å². The van der Waals surface area contributed by atoms with Crippen LogP contribution in [0.4, 0.5) is 5.69 Å². The number of anilines is 1. The molecule has 0 radical (unpaired) electrons. The number of hydrogen-bond acceptors (Lipinski definition) is 2. The second-order valence-corrected chi connectivity index (χ2v) is 5.70. The van der Waals surface area contributed by atoms with Gasteiger partial charge in [0.2, 0.25) is 5.91 Å². The summed E-state index contributed by atoms with van der Waals surface area (Å²) in [6.07, 6.45) is 0.796. The van der Waals surface area contributed by atoms with E-state index in [4.69, 9.17) is 0 Å². The van der Waals surface area contributed by atoms with Crippen LogP contribution in [0.25, 0.3) is 0 Å². The number of aryl methyl sites for hydroxylation is 2. The van der Waals surface area contributed by atoms with Crippen LogP contribution in [0.1, 0.15) is 34.0 Å². The summed E-state index contributed by atoms with van der Waals surface area (Å²) in [5.41, 5.74) is 4.87. The van der Waals surface area contributed by atoms with Crippen LogP contribution in [0, 0.1) is 13.8 Å². The van der Waals surface area contributed by atoms with Gasteiger partial charge in [0.15, 0.2) is 0 Å². The minimum absolute atomic E-state index is 0.137. The summed E-state index contributed by atoms with van der Waals surface area (Å²) in [6, 6.07) is 13.3. The standard InChI is InChI=1S/C19H22N2O2/c1-13-7-8-14(2)16(11-13)9-10-20-19(23)17-5-4-6-18(12-17)21-15(3)22/h4-8,11-12H,9-10H2,1-3H3,(H,20,23)(H,21,22). The molecule has 0 aromatic heterocycles. The summed E-state index contributed by atoms with van der Waals surface area (Å²) in [4.78, 5) is 23.3. The average Bonchev–Trinajstić information content (AvgIpc) is 2.50. The minimum atomic E-state index is -0.155. The van der Waals surface area contributed by atoms with Crippen LogP contribution in [0.15, 0.2) is 42.5 Å². The predicted molar refractivity (Wildman–Crippen MR) is 92.7 cm³/mol. The summed E-state index contributed by atoms with van der Waals surface area (Å²) in [5, 5.41) is 5.60. The molecule has 4 nitrogen and oxygen atoms in total. The molecular formula is C19H22N2O2. The number of benzene rings is 2. The maximum Gasteiger partial charge on any atom is 0.251 e. The summed E-state index contributed by atoms with van der Waals surface area (Å²) in [5.74, 6) is -0.292. The van der Waals surface area contributed by atoms with Gasteiger partial charge in [-0.15, -0.1) is 0 Å². The van der Waals surface area contributed by atoms with E-state index in [2.05, 4.69) is 42.7 Å². The molecule has 2 aromatic carbocycles. The van der Waals surface area contributed by atoms with Gasteiger partial charge < -0.3 is 10.6 Å². The molecule has 0 saturated carbocycles. The summed E-state index contributed by atoms with van der Waals surface area (Å²) >= 11 is 0. The molecule has 0 aliphatic rings. The number of nitrogens with one attached hydrogen (secondary N) is 2. The van der Waals surface area contributed by atoms with Gasteiger partial charge in [-0.05, 0) is 49.6 Å². The van der Waals surface area contributed by atoms with E-state index in [9.17, 15) is 9.59 Å². The van der Waals surface area contributed by atoms with E-state index in [-0.39, 0.29) is 11.8 Å². The van der Waals surface area contributed by atoms with Crippen molar-refractivity contribution in [3.8, 4) is 0 Å². The molecule has 0 spiro atoms. The molecular weight excluding hydrogens is 288 g/mol. The third-order valence-electron chi connectivity index (χ3n) is 3.63. The fourth-order valence-corrected chi connectivity index (χ4v) is 2.42. The monoisotopic (exact) mass is 310 g/mol. The second kappa shape index (κ2) is 7.58. The summed E-state index contributed by atoms with van der Waals surface area (Å²) in [6.45, 7) is 6.16. The van der Waals surface area contributed by atoms with Crippen LogP contribution in [-0.4, -0.2) is 18.4 Å². The van der Waals surface area contributed by atoms with Crippen molar-refractivity contribution in [1.82, 2.24) is 5.32 Å². The first-order valence-electron chi connectivity index (χ1n) is 7.67. The van der Waals surface area contributed by atoms with Crippen molar-refractivity contribution < 1.29 is 9.59 Å². The van der Waals surface area contributed by atoms with E-state index in [1.54, 1.807) is 24.3 Å². The fraction of sp³-hybridized carbons (Fsp3) is 0.263. The van der Waals surface area contributed by atoms with E-state index in [1.807, 2.05) is 0 Å². The first-order chi connectivity index (χ1) is 11.0. The van der Waals surface area contributed by atoms with Gasteiger partial charge in [-0.2, -0.15) is 0 Å². The molecule has 0 fully saturated rings. The molecule has 0 atom stereocenters. The number of carbonyl (C=O) groups excluding carboxylic acids is 2. The van der Waals surface area contributed by atoms with Gasteiger partial charge in [0, 0.05) is 24.7 Å². The Morgan fingerprint density at radius 3 is 2.57 bits per heavy atom. The van der Waals surface area contributed by atoms with Gasteiger partial charge in [0.25, 0.3) is 5.91 Å². The van der Waals surface area contributed by atoms with Crippen molar-refractivity contribution >= 4 is 17.5 Å². The Balaban J connectivity index is 1.94. The van der Waals surface area contributed by atoms with Gasteiger partial charge in [0.05, 0.1) is 0 Å². The summed E-state index contributed by atoms with van der Waals surface area (Å²) < 4.78 is 0. The maximum atomic E-state index is 12.2. The third-order valence-corrected chi connectivity index (χ3v) is 3.63. The Hall–Kier alpha value is -2.62. The highest BCUT2D eigenvalue weighted by Gasteiger charge is 2.07. The van der Waals surface area contributed by atoms with Crippen molar-refractivity contribution in [2.24, 2.45) is 0 Å². The highest BCUT2D eigenvalue weighted by Crippen LogP contribution is 2.12. The fourth-order valence-electron chi connectivity index (χ4n) is 2.42. The normalized spacial score (nSPS) is 10.2. The van der Waals surface area contributed by atoms with E-state index >= 15 is 0 Å². The molecule has 0 saturated heterocycles. The molecule has 2 rings (SSSR count). The van der Waals surface area contributed by atoms with Crippen LogP contribution in [0.3, 0.4) is 0 Å². The topological polar surface area (TPSA) is 58.2 Å². The predicted octanol–water partition coefficient (Wildman–Crippen LogP) is 3.23. The van der Waals surface area contributed by atoms with Crippen LogP contribution in [-0.2, 0) is 11.2 Å². The molecule has 2 aromatic rings. The van der Waals surface area contributed by atoms with Crippen LogP contribution in [0.2, 0.25) is 0 Å². The molecule has 4 heteroatoms. The Morgan fingerprint density at radius 2 is 1.83 bits per heavy atom. The lowest BCUT2D eigenvalue weighted by Gasteiger charge is -2.09. The van der Waals surface area contributed by atoms with Crippen molar-refractivity contribution in [1.29, 1.82) is 0 Å². The average molecular weight is 310 g/mol. The van der Waals surface area contributed by atoms with Crippen molar-refractivity contribution in [3.05, 3.63) is 64.7 Å². The van der Waals surface area contributed by atoms with Crippen LogP contribution in [0.5, 0.6) is 0 Å². The Kier molecular flexibility index (Phi) is 5.52. The number of hydrogen-bond donors (Lipinski definition) is 2. The first-order valence-corrected chi connectivity index (χ1v) is 7.67. The molecule has 2 N–H and O–H groups in total. The minimum Gasteiger partial charge on any atom is -0.352 e. The van der Waals surface area contributed by atoms with Gasteiger partial charge >= 0.3 is 0 Å². The molecule has 0 aliphatic heterocycles. The Labute approximate surface area is 136 Å². The molecule has 0 aliphatic carbocycles. The molecule has 0 heterocycles. The lowest BCUT2D eigenvalue weighted by atomic mass is 10.0. The largest absolute Gasteiger partial charge is 0.352 e. The number of rotatable bonds is 5. The zero-order valence-corrected chi connectivity index (χ0v) is 13.8. The number of amides is 2.